The number of aryl methyl sites for hydroxylation is 1. The fraction of sp³-hybridized carbons (Fsp3) is 0.185. The van der Waals surface area contributed by atoms with Gasteiger partial charge in [0, 0.05) is 37.0 Å². The lowest BCUT2D eigenvalue weighted by Gasteiger charge is -2.16. The fourth-order valence-electron chi connectivity index (χ4n) is 3.76. The Balaban J connectivity index is 1.63. The third-order valence-corrected chi connectivity index (χ3v) is 5.95. The molecule has 0 aromatic heterocycles. The highest BCUT2D eigenvalue weighted by molar-refractivity contribution is 6.36. The first-order valence-electron chi connectivity index (χ1n) is 10.8. The molecular formula is C27H26ClN3O2. The fourth-order valence-corrected chi connectivity index (χ4v) is 3.89. The molecule has 0 bridgehead atoms. The van der Waals surface area contributed by atoms with Gasteiger partial charge in [-0.15, -0.1) is 0 Å². The van der Waals surface area contributed by atoms with Gasteiger partial charge in [0.05, 0.1) is 5.57 Å². The summed E-state index contributed by atoms with van der Waals surface area (Å²) in [5, 5.41) is 3.87. The van der Waals surface area contributed by atoms with Crippen molar-refractivity contribution in [3.8, 4) is 0 Å². The summed E-state index contributed by atoms with van der Waals surface area (Å²) in [5.74, 6) is -0.605. The average Bonchev–Trinajstić information content (AvgIpc) is 3.03. The van der Waals surface area contributed by atoms with Crippen molar-refractivity contribution in [3.05, 3.63) is 100 Å². The highest BCUT2D eigenvalue weighted by Crippen LogP contribution is 2.31. The number of anilines is 2. The highest BCUT2D eigenvalue weighted by Gasteiger charge is 2.38. The largest absolute Gasteiger partial charge is 0.378 e. The molecule has 1 aliphatic heterocycles. The summed E-state index contributed by atoms with van der Waals surface area (Å²) in [6, 6.07) is 22.8. The summed E-state index contributed by atoms with van der Waals surface area (Å²) < 4.78 is 0. The highest BCUT2D eigenvalue weighted by atomic mass is 35.5. The number of carbonyl (C=O) groups is 2. The van der Waals surface area contributed by atoms with Crippen molar-refractivity contribution >= 4 is 40.4 Å². The first-order chi connectivity index (χ1) is 15.8. The zero-order chi connectivity index (χ0) is 23.5. The molecule has 0 saturated heterocycles. The van der Waals surface area contributed by atoms with Crippen LogP contribution in [0.1, 0.15) is 16.7 Å². The van der Waals surface area contributed by atoms with Crippen LogP contribution >= 0.6 is 11.6 Å². The predicted octanol–water partition coefficient (Wildman–Crippen LogP) is 5.15. The molecule has 1 aliphatic rings. The van der Waals surface area contributed by atoms with Gasteiger partial charge in [0.1, 0.15) is 5.70 Å². The van der Waals surface area contributed by atoms with E-state index >= 15 is 0 Å². The summed E-state index contributed by atoms with van der Waals surface area (Å²) in [6.45, 7) is 2.28. The standard InChI is InChI=1S/C27H26ClN3O2/c1-18-4-8-20(9-5-18)24-25(29-22-12-14-23(15-13-22)30(2)3)27(33)31(26(24)32)17-16-19-6-10-21(28)11-7-19/h4-15,29H,16-17H2,1-3H3. The molecule has 4 rings (SSSR count). The Hall–Kier alpha value is -3.57. The zero-order valence-corrected chi connectivity index (χ0v) is 19.7. The van der Waals surface area contributed by atoms with Crippen molar-refractivity contribution in [2.24, 2.45) is 0 Å². The topological polar surface area (TPSA) is 52.7 Å². The van der Waals surface area contributed by atoms with Crippen LogP contribution in [0.3, 0.4) is 0 Å². The van der Waals surface area contributed by atoms with Crippen molar-refractivity contribution in [2.45, 2.75) is 13.3 Å². The third kappa shape index (κ3) is 4.94. The van der Waals surface area contributed by atoms with Crippen LogP contribution in [-0.4, -0.2) is 37.4 Å². The molecule has 1 N–H and O–H groups in total. The molecule has 0 saturated carbocycles. The van der Waals surface area contributed by atoms with Crippen LogP contribution in [0.25, 0.3) is 5.57 Å². The Labute approximate surface area is 199 Å². The van der Waals surface area contributed by atoms with Crippen LogP contribution in [0.15, 0.2) is 78.5 Å². The minimum absolute atomic E-state index is 0.287. The molecule has 6 heteroatoms. The van der Waals surface area contributed by atoms with Gasteiger partial charge in [0.25, 0.3) is 11.8 Å². The van der Waals surface area contributed by atoms with Crippen molar-refractivity contribution in [2.75, 3.05) is 30.9 Å². The van der Waals surface area contributed by atoms with Crippen LogP contribution in [0.2, 0.25) is 5.02 Å². The van der Waals surface area contributed by atoms with Crippen LogP contribution in [0, 0.1) is 6.92 Å². The maximum Gasteiger partial charge on any atom is 0.278 e. The summed E-state index contributed by atoms with van der Waals surface area (Å²) >= 11 is 5.97. The quantitative estimate of drug-likeness (QED) is 0.496. The van der Waals surface area contributed by atoms with Crippen molar-refractivity contribution in [1.29, 1.82) is 0 Å². The van der Waals surface area contributed by atoms with Crippen LogP contribution < -0.4 is 10.2 Å². The maximum absolute atomic E-state index is 13.4. The molecular weight excluding hydrogens is 434 g/mol. The van der Waals surface area contributed by atoms with E-state index in [2.05, 4.69) is 5.32 Å². The molecule has 0 atom stereocenters. The molecule has 0 aliphatic carbocycles. The number of nitrogens with zero attached hydrogens (tertiary/aromatic N) is 2. The van der Waals surface area contributed by atoms with Gasteiger partial charge in [-0.25, -0.2) is 0 Å². The van der Waals surface area contributed by atoms with E-state index in [0.29, 0.717) is 29.3 Å². The van der Waals surface area contributed by atoms with Gasteiger partial charge in [-0.2, -0.15) is 0 Å². The summed E-state index contributed by atoms with van der Waals surface area (Å²) in [5.41, 5.74) is 5.32. The Bertz CT molecular complexity index is 1200. The Morgan fingerprint density at radius 1 is 0.848 bits per heavy atom. The van der Waals surface area contributed by atoms with E-state index in [4.69, 9.17) is 11.6 Å². The number of carbonyl (C=O) groups excluding carboxylic acids is 2. The molecule has 168 valence electrons. The van der Waals surface area contributed by atoms with E-state index in [1.807, 2.05) is 98.7 Å². The molecule has 3 aromatic rings. The number of rotatable bonds is 7. The van der Waals surface area contributed by atoms with Gasteiger partial charge < -0.3 is 10.2 Å². The smallest absolute Gasteiger partial charge is 0.278 e. The average molecular weight is 460 g/mol. The van der Waals surface area contributed by atoms with Crippen LogP contribution in [0.4, 0.5) is 11.4 Å². The Morgan fingerprint density at radius 2 is 1.48 bits per heavy atom. The second-order valence-electron chi connectivity index (χ2n) is 8.32. The monoisotopic (exact) mass is 459 g/mol. The van der Waals surface area contributed by atoms with Gasteiger partial charge in [-0.1, -0.05) is 53.6 Å². The second kappa shape index (κ2) is 9.51. The second-order valence-corrected chi connectivity index (χ2v) is 8.76. The number of amides is 2. The normalized spacial score (nSPS) is 13.6. The molecule has 1 heterocycles. The molecule has 3 aromatic carbocycles. The van der Waals surface area contributed by atoms with Crippen LogP contribution in [-0.2, 0) is 16.0 Å². The van der Waals surface area contributed by atoms with Crippen molar-refractivity contribution in [3.63, 3.8) is 0 Å². The lowest BCUT2D eigenvalue weighted by atomic mass is 10.0. The zero-order valence-electron chi connectivity index (χ0n) is 18.9. The van der Waals surface area contributed by atoms with Gasteiger partial charge >= 0.3 is 0 Å². The molecule has 5 nitrogen and oxygen atoms in total. The summed E-state index contributed by atoms with van der Waals surface area (Å²) in [6.07, 6.45) is 0.556. The third-order valence-electron chi connectivity index (χ3n) is 5.70. The number of imide groups is 1. The SMILES string of the molecule is Cc1ccc(C2=C(Nc3ccc(N(C)C)cc3)C(=O)N(CCc3ccc(Cl)cc3)C2=O)cc1. The number of nitrogens with one attached hydrogen (secondary N) is 1. The Kier molecular flexibility index (Phi) is 6.52. The number of hydrogen-bond acceptors (Lipinski definition) is 4. The molecule has 0 spiro atoms. The van der Waals surface area contributed by atoms with E-state index in [1.54, 1.807) is 0 Å². The summed E-state index contributed by atoms with van der Waals surface area (Å²) in [4.78, 5) is 30.1. The molecule has 0 radical (unpaired) electrons. The minimum Gasteiger partial charge on any atom is -0.378 e. The molecule has 0 unspecified atom stereocenters. The summed E-state index contributed by atoms with van der Waals surface area (Å²) in [7, 11) is 3.94. The van der Waals surface area contributed by atoms with Gasteiger partial charge in [0.15, 0.2) is 0 Å². The first-order valence-corrected chi connectivity index (χ1v) is 11.2. The maximum atomic E-state index is 13.4. The van der Waals surface area contributed by atoms with Crippen molar-refractivity contribution < 1.29 is 9.59 Å². The van der Waals surface area contributed by atoms with Gasteiger partial charge in [-0.05, 0) is 60.9 Å². The van der Waals surface area contributed by atoms with E-state index in [9.17, 15) is 9.59 Å². The van der Waals surface area contributed by atoms with E-state index in [-0.39, 0.29) is 11.8 Å². The van der Waals surface area contributed by atoms with E-state index in [1.165, 1.54) is 4.90 Å². The molecule has 33 heavy (non-hydrogen) atoms. The minimum atomic E-state index is -0.318. The van der Waals surface area contributed by atoms with Crippen molar-refractivity contribution in [1.82, 2.24) is 4.90 Å². The molecule has 2 amide bonds. The van der Waals surface area contributed by atoms with Gasteiger partial charge in [0.2, 0.25) is 0 Å². The lowest BCUT2D eigenvalue weighted by molar-refractivity contribution is -0.136. The van der Waals surface area contributed by atoms with Crippen LogP contribution in [0.5, 0.6) is 0 Å². The number of hydrogen-bond donors (Lipinski definition) is 1. The number of benzene rings is 3. The van der Waals surface area contributed by atoms with Gasteiger partial charge in [-0.3, -0.25) is 14.5 Å². The first kappa shape index (κ1) is 22.6. The Morgan fingerprint density at radius 3 is 2.09 bits per heavy atom. The molecule has 0 fully saturated rings. The predicted molar refractivity (Wildman–Crippen MR) is 134 cm³/mol. The lowest BCUT2D eigenvalue weighted by Crippen LogP contribution is -2.34. The van der Waals surface area contributed by atoms with E-state index in [0.717, 1.165) is 28.1 Å². The number of halogens is 1. The van der Waals surface area contributed by atoms with E-state index < -0.39 is 0 Å².